The lowest BCUT2D eigenvalue weighted by molar-refractivity contribution is -0.121. The average molecular weight is 213 g/mol. The third-order valence-corrected chi connectivity index (χ3v) is 2.65. The quantitative estimate of drug-likeness (QED) is 0.750. The van der Waals surface area contributed by atoms with Crippen LogP contribution in [-0.4, -0.2) is 23.5 Å². The SMILES string of the molecule is C[C@H](CN)NC(=O)CCc1nccs1. The van der Waals surface area contributed by atoms with Crippen molar-refractivity contribution in [2.24, 2.45) is 5.73 Å². The monoisotopic (exact) mass is 213 g/mol. The zero-order chi connectivity index (χ0) is 10.4. The van der Waals surface area contributed by atoms with Crippen LogP contribution in [0.2, 0.25) is 0 Å². The standard InChI is InChI=1S/C9H15N3OS/c1-7(6-10)12-8(13)2-3-9-11-4-5-14-9/h4-5,7H,2-3,6,10H2,1H3,(H,12,13)/t7-/m1/s1. The lowest BCUT2D eigenvalue weighted by Gasteiger charge is -2.10. The Morgan fingerprint density at radius 1 is 1.79 bits per heavy atom. The fraction of sp³-hybridized carbons (Fsp3) is 0.556. The Morgan fingerprint density at radius 2 is 2.57 bits per heavy atom. The molecule has 3 N–H and O–H groups in total. The number of carbonyl (C=O) groups excluding carboxylic acids is 1. The van der Waals surface area contributed by atoms with Gasteiger partial charge >= 0.3 is 0 Å². The highest BCUT2D eigenvalue weighted by Gasteiger charge is 2.06. The summed E-state index contributed by atoms with van der Waals surface area (Å²) in [5, 5.41) is 5.72. The molecule has 4 nitrogen and oxygen atoms in total. The zero-order valence-corrected chi connectivity index (χ0v) is 9.01. The van der Waals surface area contributed by atoms with Crippen molar-refractivity contribution in [3.05, 3.63) is 16.6 Å². The van der Waals surface area contributed by atoms with Crippen molar-refractivity contribution in [2.45, 2.75) is 25.8 Å². The number of rotatable bonds is 5. The molecule has 0 aromatic carbocycles. The second kappa shape index (κ2) is 5.72. The average Bonchev–Trinajstić information content (AvgIpc) is 2.67. The summed E-state index contributed by atoms with van der Waals surface area (Å²) in [5.41, 5.74) is 5.39. The molecule has 0 radical (unpaired) electrons. The van der Waals surface area contributed by atoms with Gasteiger partial charge in [0, 0.05) is 37.0 Å². The van der Waals surface area contributed by atoms with Crippen LogP contribution in [0.5, 0.6) is 0 Å². The number of thiazole rings is 1. The van der Waals surface area contributed by atoms with Crippen LogP contribution >= 0.6 is 11.3 Å². The van der Waals surface area contributed by atoms with Gasteiger partial charge in [-0.1, -0.05) is 0 Å². The lowest BCUT2D eigenvalue weighted by atomic mass is 10.2. The number of nitrogens with zero attached hydrogens (tertiary/aromatic N) is 1. The number of hydrogen-bond acceptors (Lipinski definition) is 4. The van der Waals surface area contributed by atoms with E-state index in [0.29, 0.717) is 19.4 Å². The molecule has 1 atom stereocenters. The highest BCUT2D eigenvalue weighted by molar-refractivity contribution is 7.09. The third kappa shape index (κ3) is 3.85. The van der Waals surface area contributed by atoms with Crippen molar-refractivity contribution in [1.82, 2.24) is 10.3 Å². The summed E-state index contributed by atoms with van der Waals surface area (Å²) in [6, 6.07) is 0.0544. The number of nitrogens with two attached hydrogens (primary N) is 1. The molecule has 5 heteroatoms. The van der Waals surface area contributed by atoms with Gasteiger partial charge in [0.05, 0.1) is 5.01 Å². The second-order valence-electron chi connectivity index (χ2n) is 3.13. The Bertz CT molecular complexity index is 274. The van der Waals surface area contributed by atoms with Gasteiger partial charge in [-0.2, -0.15) is 0 Å². The van der Waals surface area contributed by atoms with E-state index in [9.17, 15) is 4.79 Å². The Hall–Kier alpha value is -0.940. The first-order valence-corrected chi connectivity index (χ1v) is 5.48. The normalized spacial score (nSPS) is 12.4. The molecular weight excluding hydrogens is 198 g/mol. The van der Waals surface area contributed by atoms with Gasteiger partial charge in [-0.15, -0.1) is 11.3 Å². The number of amides is 1. The van der Waals surface area contributed by atoms with E-state index < -0.39 is 0 Å². The number of hydrogen-bond donors (Lipinski definition) is 2. The molecule has 0 saturated carbocycles. The minimum atomic E-state index is 0.0400. The summed E-state index contributed by atoms with van der Waals surface area (Å²) in [6.07, 6.45) is 2.94. The first-order valence-electron chi connectivity index (χ1n) is 4.60. The molecule has 0 fully saturated rings. The maximum atomic E-state index is 11.3. The Morgan fingerprint density at radius 3 is 3.14 bits per heavy atom. The summed E-state index contributed by atoms with van der Waals surface area (Å²) in [6.45, 7) is 2.37. The van der Waals surface area contributed by atoms with E-state index in [1.54, 1.807) is 17.5 Å². The van der Waals surface area contributed by atoms with E-state index in [-0.39, 0.29) is 11.9 Å². The van der Waals surface area contributed by atoms with Crippen molar-refractivity contribution in [2.75, 3.05) is 6.54 Å². The van der Waals surface area contributed by atoms with Crippen LogP contribution in [0.3, 0.4) is 0 Å². The molecule has 1 aromatic rings. The van der Waals surface area contributed by atoms with E-state index in [1.165, 1.54) is 0 Å². The molecule has 1 amide bonds. The summed E-state index contributed by atoms with van der Waals surface area (Å²) in [5.74, 6) is 0.0400. The molecule has 14 heavy (non-hydrogen) atoms. The first-order chi connectivity index (χ1) is 6.72. The van der Waals surface area contributed by atoms with Crippen molar-refractivity contribution in [3.63, 3.8) is 0 Å². The van der Waals surface area contributed by atoms with Crippen molar-refractivity contribution >= 4 is 17.2 Å². The molecule has 0 aliphatic rings. The fourth-order valence-corrected chi connectivity index (χ4v) is 1.62. The molecule has 78 valence electrons. The summed E-state index contributed by atoms with van der Waals surface area (Å²) in [7, 11) is 0. The molecule has 1 heterocycles. The molecular formula is C9H15N3OS. The Kier molecular flexibility index (Phi) is 4.55. The van der Waals surface area contributed by atoms with Crippen LogP contribution in [0.1, 0.15) is 18.4 Å². The summed E-state index contributed by atoms with van der Waals surface area (Å²) < 4.78 is 0. The predicted molar refractivity (Wildman–Crippen MR) is 57.1 cm³/mol. The van der Waals surface area contributed by atoms with Gasteiger partial charge in [0.2, 0.25) is 5.91 Å². The molecule has 1 rings (SSSR count). The van der Waals surface area contributed by atoms with Crippen molar-refractivity contribution in [3.8, 4) is 0 Å². The lowest BCUT2D eigenvalue weighted by Crippen LogP contribution is -2.37. The molecule has 0 aliphatic carbocycles. The molecule has 0 unspecified atom stereocenters. The van der Waals surface area contributed by atoms with Crippen LogP contribution < -0.4 is 11.1 Å². The van der Waals surface area contributed by atoms with Crippen LogP contribution in [-0.2, 0) is 11.2 Å². The zero-order valence-electron chi connectivity index (χ0n) is 8.19. The van der Waals surface area contributed by atoms with Crippen LogP contribution in [0.25, 0.3) is 0 Å². The molecule has 0 saturated heterocycles. The van der Waals surface area contributed by atoms with Crippen molar-refractivity contribution < 1.29 is 4.79 Å². The molecule has 0 spiro atoms. The minimum Gasteiger partial charge on any atom is -0.352 e. The second-order valence-corrected chi connectivity index (χ2v) is 4.11. The van der Waals surface area contributed by atoms with Crippen LogP contribution in [0.4, 0.5) is 0 Å². The van der Waals surface area contributed by atoms with E-state index in [0.717, 1.165) is 5.01 Å². The van der Waals surface area contributed by atoms with E-state index >= 15 is 0 Å². The van der Waals surface area contributed by atoms with Gasteiger partial charge < -0.3 is 11.1 Å². The molecule has 1 aromatic heterocycles. The van der Waals surface area contributed by atoms with E-state index in [2.05, 4.69) is 10.3 Å². The van der Waals surface area contributed by atoms with Gasteiger partial charge in [0.1, 0.15) is 0 Å². The molecule has 0 bridgehead atoms. The maximum Gasteiger partial charge on any atom is 0.220 e. The largest absolute Gasteiger partial charge is 0.352 e. The Labute approximate surface area is 87.5 Å². The van der Waals surface area contributed by atoms with Gasteiger partial charge in [-0.3, -0.25) is 4.79 Å². The number of carbonyl (C=O) groups is 1. The highest BCUT2D eigenvalue weighted by atomic mass is 32.1. The smallest absolute Gasteiger partial charge is 0.220 e. The van der Waals surface area contributed by atoms with Gasteiger partial charge in [0.15, 0.2) is 0 Å². The Balaban J connectivity index is 2.22. The number of nitrogens with one attached hydrogen (secondary N) is 1. The summed E-state index contributed by atoms with van der Waals surface area (Å²) in [4.78, 5) is 15.4. The predicted octanol–water partition coefficient (Wildman–Crippen LogP) is 0.539. The molecule has 0 aliphatic heterocycles. The van der Waals surface area contributed by atoms with Crippen LogP contribution in [0, 0.1) is 0 Å². The number of aryl methyl sites for hydroxylation is 1. The summed E-state index contributed by atoms with van der Waals surface area (Å²) >= 11 is 1.57. The fourth-order valence-electron chi connectivity index (χ4n) is 1.00. The van der Waals surface area contributed by atoms with Gasteiger partial charge in [-0.25, -0.2) is 4.98 Å². The van der Waals surface area contributed by atoms with Crippen molar-refractivity contribution in [1.29, 1.82) is 0 Å². The first kappa shape index (κ1) is 11.1. The number of aromatic nitrogens is 1. The third-order valence-electron chi connectivity index (χ3n) is 1.81. The van der Waals surface area contributed by atoms with Gasteiger partial charge in [0.25, 0.3) is 0 Å². The maximum absolute atomic E-state index is 11.3. The topological polar surface area (TPSA) is 68.0 Å². The highest BCUT2D eigenvalue weighted by Crippen LogP contribution is 2.06. The van der Waals surface area contributed by atoms with E-state index in [1.807, 2.05) is 12.3 Å². The van der Waals surface area contributed by atoms with Gasteiger partial charge in [-0.05, 0) is 6.92 Å². The minimum absolute atomic E-state index is 0.0400. The van der Waals surface area contributed by atoms with E-state index in [4.69, 9.17) is 5.73 Å². The van der Waals surface area contributed by atoms with Crippen LogP contribution in [0.15, 0.2) is 11.6 Å².